The van der Waals surface area contributed by atoms with Crippen LogP contribution in [0.15, 0.2) is 22.7 Å². The van der Waals surface area contributed by atoms with E-state index in [1.165, 1.54) is 6.07 Å². The molecule has 0 unspecified atom stereocenters. The van der Waals surface area contributed by atoms with Crippen LogP contribution in [0.25, 0.3) is 0 Å². The number of halogens is 2. The molecule has 0 aromatic heterocycles. The minimum absolute atomic E-state index is 0.185. The summed E-state index contributed by atoms with van der Waals surface area (Å²) >= 11 is 3.22. The summed E-state index contributed by atoms with van der Waals surface area (Å²) < 4.78 is 24.4. The van der Waals surface area contributed by atoms with Crippen molar-refractivity contribution in [2.24, 2.45) is 0 Å². The number of nitrogens with one attached hydrogen (secondary N) is 1. The van der Waals surface area contributed by atoms with E-state index in [0.717, 1.165) is 0 Å². The van der Waals surface area contributed by atoms with Crippen molar-refractivity contribution >= 4 is 22.0 Å². The second-order valence-electron chi connectivity index (χ2n) is 5.18. The van der Waals surface area contributed by atoms with Gasteiger partial charge < -0.3 is 14.8 Å². The summed E-state index contributed by atoms with van der Waals surface area (Å²) in [5.74, 6) is -0.232. The highest BCUT2D eigenvalue weighted by atomic mass is 79.9. The molecule has 0 saturated carbocycles. The van der Waals surface area contributed by atoms with E-state index >= 15 is 0 Å². The molecule has 0 bridgehead atoms. The van der Waals surface area contributed by atoms with Crippen LogP contribution in [-0.2, 0) is 4.74 Å². The Morgan fingerprint density at radius 2 is 2.10 bits per heavy atom. The Balaban J connectivity index is 2.24. The smallest absolute Gasteiger partial charge is 0.407 e. The van der Waals surface area contributed by atoms with Crippen LogP contribution >= 0.6 is 15.9 Å². The predicted molar refractivity (Wildman–Crippen MR) is 78.4 cm³/mol. The van der Waals surface area contributed by atoms with Gasteiger partial charge in [-0.2, -0.15) is 0 Å². The summed E-state index contributed by atoms with van der Waals surface area (Å²) in [5, 5.41) is 2.61. The summed E-state index contributed by atoms with van der Waals surface area (Å²) in [6, 6.07) is 4.63. The second kappa shape index (κ2) is 7.47. The van der Waals surface area contributed by atoms with E-state index in [2.05, 4.69) is 21.2 Å². The molecule has 112 valence electrons. The van der Waals surface area contributed by atoms with Crippen molar-refractivity contribution in [2.45, 2.75) is 32.8 Å². The monoisotopic (exact) mass is 347 g/mol. The molecule has 0 atom stereocenters. The third-order valence-electron chi connectivity index (χ3n) is 2.15. The van der Waals surface area contributed by atoms with Gasteiger partial charge in [-0.1, -0.05) is 6.07 Å². The fraction of sp³-hybridized carbons (Fsp3) is 0.500. The van der Waals surface area contributed by atoms with Gasteiger partial charge in [0.05, 0.1) is 11.1 Å². The Kier molecular flexibility index (Phi) is 6.26. The van der Waals surface area contributed by atoms with Crippen molar-refractivity contribution < 1.29 is 18.7 Å². The average Bonchev–Trinajstić information content (AvgIpc) is 2.29. The first-order valence-electron chi connectivity index (χ1n) is 6.33. The van der Waals surface area contributed by atoms with Crippen LogP contribution in [-0.4, -0.2) is 24.8 Å². The van der Waals surface area contributed by atoms with Crippen molar-refractivity contribution in [3.8, 4) is 5.75 Å². The Morgan fingerprint density at radius 1 is 1.40 bits per heavy atom. The van der Waals surface area contributed by atoms with E-state index in [1.807, 2.05) is 0 Å². The molecule has 4 nitrogen and oxygen atoms in total. The van der Waals surface area contributed by atoms with Crippen LogP contribution in [0.3, 0.4) is 0 Å². The molecule has 1 aromatic rings. The number of amides is 1. The molecule has 0 aliphatic heterocycles. The molecule has 0 aliphatic carbocycles. The minimum atomic E-state index is -0.515. The summed E-state index contributed by atoms with van der Waals surface area (Å²) in [6.45, 7) is 6.10. The number of benzene rings is 1. The number of hydrogen-bond donors (Lipinski definition) is 1. The van der Waals surface area contributed by atoms with Gasteiger partial charge in [0.15, 0.2) is 11.6 Å². The largest absolute Gasteiger partial charge is 0.489 e. The maximum atomic E-state index is 13.4. The number of rotatable bonds is 5. The number of carbonyl (C=O) groups excluding carboxylic acids is 1. The lowest BCUT2D eigenvalue weighted by Gasteiger charge is -2.19. The van der Waals surface area contributed by atoms with Crippen molar-refractivity contribution in [1.29, 1.82) is 0 Å². The van der Waals surface area contributed by atoms with Crippen LogP contribution in [0.2, 0.25) is 0 Å². The van der Waals surface area contributed by atoms with Gasteiger partial charge in [0.1, 0.15) is 5.60 Å². The van der Waals surface area contributed by atoms with Crippen molar-refractivity contribution in [1.82, 2.24) is 5.32 Å². The van der Waals surface area contributed by atoms with Gasteiger partial charge >= 0.3 is 6.09 Å². The highest BCUT2D eigenvalue weighted by Gasteiger charge is 2.15. The van der Waals surface area contributed by atoms with E-state index in [-0.39, 0.29) is 5.75 Å². The SMILES string of the molecule is CC(C)(C)OC(=O)NCCCOc1c(F)cccc1Br. The van der Waals surface area contributed by atoms with Gasteiger partial charge in [-0.05, 0) is 55.3 Å². The van der Waals surface area contributed by atoms with Gasteiger partial charge in [0.2, 0.25) is 0 Å². The lowest BCUT2D eigenvalue weighted by molar-refractivity contribution is 0.0525. The van der Waals surface area contributed by atoms with E-state index in [1.54, 1.807) is 32.9 Å². The van der Waals surface area contributed by atoms with Crippen molar-refractivity contribution in [2.75, 3.05) is 13.2 Å². The lowest BCUT2D eigenvalue weighted by Crippen LogP contribution is -2.33. The highest BCUT2D eigenvalue weighted by Crippen LogP contribution is 2.27. The van der Waals surface area contributed by atoms with Gasteiger partial charge in [-0.25, -0.2) is 9.18 Å². The fourth-order valence-corrected chi connectivity index (χ4v) is 1.83. The molecule has 0 spiro atoms. The van der Waals surface area contributed by atoms with E-state index in [9.17, 15) is 9.18 Å². The number of ether oxygens (including phenoxy) is 2. The van der Waals surface area contributed by atoms with E-state index in [4.69, 9.17) is 9.47 Å². The molecule has 0 heterocycles. The zero-order valence-electron chi connectivity index (χ0n) is 11.8. The third-order valence-corrected chi connectivity index (χ3v) is 2.78. The number of para-hydroxylation sites is 1. The quantitative estimate of drug-likeness (QED) is 0.822. The topological polar surface area (TPSA) is 47.6 Å². The number of hydrogen-bond acceptors (Lipinski definition) is 3. The summed E-state index contributed by atoms with van der Waals surface area (Å²) in [6.07, 6.45) is 0.0876. The molecule has 0 aliphatic rings. The van der Waals surface area contributed by atoms with Gasteiger partial charge in [-0.3, -0.25) is 0 Å². The van der Waals surface area contributed by atoms with Crippen LogP contribution in [0.1, 0.15) is 27.2 Å². The first kappa shape index (κ1) is 16.8. The average molecular weight is 348 g/mol. The van der Waals surface area contributed by atoms with Gasteiger partial charge in [0, 0.05) is 6.54 Å². The Hall–Kier alpha value is -1.30. The minimum Gasteiger partial charge on any atom is -0.489 e. The fourth-order valence-electron chi connectivity index (χ4n) is 1.37. The molecule has 1 amide bonds. The van der Waals surface area contributed by atoms with E-state index < -0.39 is 17.5 Å². The first-order chi connectivity index (χ1) is 9.29. The molecule has 20 heavy (non-hydrogen) atoms. The molecule has 0 fully saturated rings. The molecule has 1 aromatic carbocycles. The lowest BCUT2D eigenvalue weighted by atomic mass is 10.2. The Labute approximate surface area is 126 Å². The molecular formula is C14H19BrFNO3. The standard InChI is InChI=1S/C14H19BrFNO3/c1-14(2,3)20-13(18)17-8-5-9-19-12-10(15)6-4-7-11(12)16/h4,6-7H,5,8-9H2,1-3H3,(H,17,18). The van der Waals surface area contributed by atoms with Gasteiger partial charge in [0.25, 0.3) is 0 Å². The third kappa shape index (κ3) is 6.23. The zero-order valence-corrected chi connectivity index (χ0v) is 13.4. The van der Waals surface area contributed by atoms with Crippen LogP contribution in [0.4, 0.5) is 9.18 Å². The number of carbonyl (C=O) groups is 1. The van der Waals surface area contributed by atoms with Crippen molar-refractivity contribution in [3.05, 3.63) is 28.5 Å². The van der Waals surface area contributed by atoms with Crippen molar-refractivity contribution in [3.63, 3.8) is 0 Å². The molecule has 6 heteroatoms. The number of alkyl carbamates (subject to hydrolysis) is 1. The first-order valence-corrected chi connectivity index (χ1v) is 7.12. The van der Waals surface area contributed by atoms with Crippen LogP contribution < -0.4 is 10.1 Å². The van der Waals surface area contributed by atoms with E-state index in [0.29, 0.717) is 24.0 Å². The molecule has 0 saturated heterocycles. The maximum Gasteiger partial charge on any atom is 0.407 e. The normalized spacial score (nSPS) is 11.1. The van der Waals surface area contributed by atoms with Crippen LogP contribution in [0, 0.1) is 5.82 Å². The predicted octanol–water partition coefficient (Wildman–Crippen LogP) is 3.88. The highest BCUT2D eigenvalue weighted by molar-refractivity contribution is 9.10. The Morgan fingerprint density at radius 3 is 2.70 bits per heavy atom. The Bertz CT molecular complexity index is 440. The summed E-state index contributed by atoms with van der Waals surface area (Å²) in [7, 11) is 0. The summed E-state index contributed by atoms with van der Waals surface area (Å²) in [4.78, 5) is 11.4. The molecular weight excluding hydrogens is 329 g/mol. The molecule has 1 N–H and O–H groups in total. The second-order valence-corrected chi connectivity index (χ2v) is 6.04. The van der Waals surface area contributed by atoms with Crippen LogP contribution in [0.5, 0.6) is 5.75 Å². The maximum absolute atomic E-state index is 13.4. The molecule has 1 rings (SSSR count). The molecule has 0 radical (unpaired) electrons. The summed E-state index contributed by atoms with van der Waals surface area (Å²) in [5.41, 5.74) is -0.515. The zero-order chi connectivity index (χ0) is 15.2. The van der Waals surface area contributed by atoms with Gasteiger partial charge in [-0.15, -0.1) is 0 Å².